The van der Waals surface area contributed by atoms with E-state index in [1.54, 1.807) is 6.07 Å². The normalized spacial score (nSPS) is 14.5. The fraction of sp³-hybridized carbons (Fsp3) is 0.438. The molecule has 1 atom stereocenters. The number of esters is 1. The van der Waals surface area contributed by atoms with Crippen LogP contribution < -0.4 is 5.32 Å². The molecule has 6 heteroatoms. The van der Waals surface area contributed by atoms with E-state index < -0.39 is 24.1 Å². The lowest BCUT2D eigenvalue weighted by Crippen LogP contribution is -2.39. The van der Waals surface area contributed by atoms with Crippen LogP contribution in [0.3, 0.4) is 0 Å². The zero-order chi connectivity index (χ0) is 16.1. The summed E-state index contributed by atoms with van der Waals surface area (Å²) < 4.78 is 9.39. The highest BCUT2D eigenvalue weighted by Gasteiger charge is 2.21. The lowest BCUT2D eigenvalue weighted by Gasteiger charge is -2.17. The van der Waals surface area contributed by atoms with Crippen LogP contribution in [0.5, 0.6) is 0 Å². The molecule has 0 bridgehead atoms. The number of aryl methyl sites for hydroxylation is 2. The third kappa shape index (κ3) is 3.84. The molecule has 0 radical (unpaired) electrons. The molecule has 6 nitrogen and oxygen atoms in total. The van der Waals surface area contributed by atoms with Crippen LogP contribution in [-0.2, 0) is 27.1 Å². The van der Waals surface area contributed by atoms with E-state index in [1.807, 2.05) is 17.4 Å². The third-order valence-corrected chi connectivity index (χ3v) is 3.65. The van der Waals surface area contributed by atoms with Crippen molar-refractivity contribution >= 4 is 18.0 Å². The molecular formula is C16H19NO5. The molecule has 2 amide bonds. The molecule has 1 N–H and O–H groups in total. The van der Waals surface area contributed by atoms with Gasteiger partial charge in [0.1, 0.15) is 0 Å². The van der Waals surface area contributed by atoms with Gasteiger partial charge in [-0.1, -0.05) is 6.07 Å². The second-order valence-electron chi connectivity index (χ2n) is 5.22. The van der Waals surface area contributed by atoms with E-state index in [2.05, 4.69) is 4.74 Å². The summed E-state index contributed by atoms with van der Waals surface area (Å²) in [5.41, 5.74) is 2.84. The van der Waals surface area contributed by atoms with E-state index in [-0.39, 0.29) is 0 Å². The van der Waals surface area contributed by atoms with Crippen LogP contribution in [0.1, 0.15) is 41.3 Å². The molecule has 1 aromatic carbocycles. The van der Waals surface area contributed by atoms with Gasteiger partial charge in [-0.25, -0.2) is 9.59 Å². The first-order valence-electron chi connectivity index (χ1n) is 7.23. The fourth-order valence-corrected chi connectivity index (χ4v) is 2.40. The van der Waals surface area contributed by atoms with Crippen molar-refractivity contribution in [2.45, 2.75) is 38.7 Å². The molecule has 0 saturated heterocycles. The Morgan fingerprint density at radius 2 is 1.82 bits per heavy atom. The SMILES string of the molecule is COC(=O)NC(=O)[C@H](C)OC(=O)c1ccc2c(c1)CCCC2. The number of hydrogen-bond acceptors (Lipinski definition) is 5. The first-order chi connectivity index (χ1) is 10.5. The minimum absolute atomic E-state index is 0.415. The second-order valence-corrected chi connectivity index (χ2v) is 5.22. The Kier molecular flexibility index (Phi) is 5.14. The smallest absolute Gasteiger partial charge is 0.413 e. The molecule has 0 fully saturated rings. The Morgan fingerprint density at radius 1 is 1.14 bits per heavy atom. The van der Waals surface area contributed by atoms with Gasteiger partial charge in [0.05, 0.1) is 12.7 Å². The molecule has 1 aliphatic carbocycles. The second kappa shape index (κ2) is 7.06. The molecule has 0 heterocycles. The van der Waals surface area contributed by atoms with Gasteiger partial charge in [0.2, 0.25) is 0 Å². The summed E-state index contributed by atoms with van der Waals surface area (Å²) in [5, 5.41) is 1.96. The maximum Gasteiger partial charge on any atom is 0.413 e. The number of amides is 2. The number of nitrogens with one attached hydrogen (secondary N) is 1. The van der Waals surface area contributed by atoms with E-state index in [4.69, 9.17) is 4.74 Å². The number of imide groups is 1. The number of fused-ring (bicyclic) bond motifs is 1. The summed E-state index contributed by atoms with van der Waals surface area (Å²) in [7, 11) is 1.15. The lowest BCUT2D eigenvalue weighted by molar-refractivity contribution is -0.128. The number of benzene rings is 1. The molecule has 22 heavy (non-hydrogen) atoms. The maximum absolute atomic E-state index is 12.1. The average Bonchev–Trinajstić information content (AvgIpc) is 2.53. The molecule has 2 rings (SSSR count). The Bertz CT molecular complexity index is 596. The zero-order valence-corrected chi connectivity index (χ0v) is 12.7. The summed E-state index contributed by atoms with van der Waals surface area (Å²) >= 11 is 0. The number of methoxy groups -OCH3 is 1. The van der Waals surface area contributed by atoms with Crippen molar-refractivity contribution in [2.75, 3.05) is 7.11 Å². The monoisotopic (exact) mass is 305 g/mol. The summed E-state index contributed by atoms with van der Waals surface area (Å²) in [6.45, 7) is 1.40. The minimum Gasteiger partial charge on any atom is -0.453 e. The molecule has 0 unspecified atom stereocenters. The van der Waals surface area contributed by atoms with Crippen molar-refractivity contribution in [3.8, 4) is 0 Å². The Balaban J connectivity index is 1.99. The van der Waals surface area contributed by atoms with Gasteiger partial charge in [-0.2, -0.15) is 0 Å². The van der Waals surface area contributed by atoms with Crippen LogP contribution >= 0.6 is 0 Å². The highest BCUT2D eigenvalue weighted by atomic mass is 16.6. The van der Waals surface area contributed by atoms with Crippen LogP contribution in [0.25, 0.3) is 0 Å². The number of rotatable bonds is 3. The van der Waals surface area contributed by atoms with E-state index in [9.17, 15) is 14.4 Å². The molecule has 0 aliphatic heterocycles. The predicted octanol–water partition coefficient (Wildman–Crippen LogP) is 1.99. The summed E-state index contributed by atoms with van der Waals surface area (Å²) in [6, 6.07) is 5.46. The van der Waals surface area contributed by atoms with Crippen LogP contribution in [0.2, 0.25) is 0 Å². The zero-order valence-electron chi connectivity index (χ0n) is 12.7. The van der Waals surface area contributed by atoms with Crippen molar-refractivity contribution in [1.29, 1.82) is 0 Å². The lowest BCUT2D eigenvalue weighted by atomic mass is 9.90. The quantitative estimate of drug-likeness (QED) is 0.864. The van der Waals surface area contributed by atoms with E-state index >= 15 is 0 Å². The van der Waals surface area contributed by atoms with Crippen molar-refractivity contribution in [3.63, 3.8) is 0 Å². The predicted molar refractivity (Wildman–Crippen MR) is 78.5 cm³/mol. The van der Waals surface area contributed by atoms with Gasteiger partial charge in [0, 0.05) is 0 Å². The van der Waals surface area contributed by atoms with Gasteiger partial charge < -0.3 is 9.47 Å². The van der Waals surface area contributed by atoms with Crippen LogP contribution in [0.4, 0.5) is 4.79 Å². The minimum atomic E-state index is -1.08. The molecule has 0 saturated carbocycles. The fourth-order valence-electron chi connectivity index (χ4n) is 2.40. The summed E-state index contributed by atoms with van der Waals surface area (Å²) in [5.74, 6) is -1.31. The van der Waals surface area contributed by atoms with Gasteiger partial charge in [-0.05, 0) is 55.9 Å². The van der Waals surface area contributed by atoms with Crippen molar-refractivity contribution < 1.29 is 23.9 Å². The van der Waals surface area contributed by atoms with Gasteiger partial charge in [-0.3, -0.25) is 10.1 Å². The van der Waals surface area contributed by atoms with Gasteiger partial charge in [0.25, 0.3) is 5.91 Å². The van der Waals surface area contributed by atoms with Crippen LogP contribution in [0.15, 0.2) is 18.2 Å². The topological polar surface area (TPSA) is 81.7 Å². The molecule has 0 aromatic heterocycles. The Morgan fingerprint density at radius 3 is 2.50 bits per heavy atom. The molecule has 1 aliphatic rings. The highest BCUT2D eigenvalue weighted by Crippen LogP contribution is 2.22. The number of carbonyl (C=O) groups is 3. The molecule has 118 valence electrons. The highest BCUT2D eigenvalue weighted by molar-refractivity contribution is 5.97. The first-order valence-corrected chi connectivity index (χ1v) is 7.23. The van der Waals surface area contributed by atoms with Gasteiger partial charge in [-0.15, -0.1) is 0 Å². The van der Waals surface area contributed by atoms with Crippen molar-refractivity contribution in [2.24, 2.45) is 0 Å². The van der Waals surface area contributed by atoms with E-state index in [0.717, 1.165) is 31.9 Å². The summed E-state index contributed by atoms with van der Waals surface area (Å²) in [4.78, 5) is 34.7. The number of carbonyl (C=O) groups excluding carboxylic acids is 3. The average molecular weight is 305 g/mol. The Hall–Kier alpha value is -2.37. The van der Waals surface area contributed by atoms with E-state index in [1.165, 1.54) is 18.9 Å². The largest absolute Gasteiger partial charge is 0.453 e. The van der Waals surface area contributed by atoms with Gasteiger partial charge in [0.15, 0.2) is 6.10 Å². The van der Waals surface area contributed by atoms with Crippen molar-refractivity contribution in [3.05, 3.63) is 34.9 Å². The van der Waals surface area contributed by atoms with Gasteiger partial charge >= 0.3 is 12.1 Å². The van der Waals surface area contributed by atoms with Crippen molar-refractivity contribution in [1.82, 2.24) is 5.32 Å². The third-order valence-electron chi connectivity index (χ3n) is 3.65. The number of ether oxygens (including phenoxy) is 2. The molecule has 1 aromatic rings. The molecule has 0 spiro atoms. The van der Waals surface area contributed by atoms with E-state index in [0.29, 0.717) is 5.56 Å². The standard InChI is InChI=1S/C16H19NO5/c1-10(14(18)17-16(20)21-2)22-15(19)13-8-7-11-5-3-4-6-12(11)9-13/h7-10H,3-6H2,1-2H3,(H,17,18,20)/t10-/m0/s1. The number of alkyl carbamates (subject to hydrolysis) is 1. The van der Waals surface area contributed by atoms with Crippen LogP contribution in [0, 0.1) is 0 Å². The van der Waals surface area contributed by atoms with Crippen LogP contribution in [-0.4, -0.2) is 31.2 Å². The number of hydrogen-bond donors (Lipinski definition) is 1. The first kappa shape index (κ1) is 16.0. The Labute approximate surface area is 128 Å². The maximum atomic E-state index is 12.1. The molecular weight excluding hydrogens is 286 g/mol. The summed E-state index contributed by atoms with van der Waals surface area (Å²) in [6.07, 6.45) is 2.30.